The fourth-order valence-electron chi connectivity index (χ4n) is 5.03. The molecule has 1 amide bonds. The molecule has 2 saturated heterocycles. The molecule has 0 unspecified atom stereocenters. The van der Waals surface area contributed by atoms with Crippen LogP contribution in [0.4, 0.5) is 32.0 Å². The number of hydrogen-bond acceptors (Lipinski definition) is 7. The van der Waals surface area contributed by atoms with Crippen molar-refractivity contribution in [3.05, 3.63) is 54.1 Å². The van der Waals surface area contributed by atoms with E-state index in [0.717, 1.165) is 15.6 Å². The number of rotatable bonds is 7. The summed E-state index contributed by atoms with van der Waals surface area (Å²) >= 11 is 0. The molecular weight excluding hydrogens is 624 g/mol. The Bertz CT molecular complexity index is 1400. The summed E-state index contributed by atoms with van der Waals surface area (Å²) in [5.74, 6) is -4.92. The lowest BCUT2D eigenvalue weighted by atomic mass is 9.88. The summed E-state index contributed by atoms with van der Waals surface area (Å²) in [7, 11) is -1.46. The van der Waals surface area contributed by atoms with Crippen LogP contribution in [0.5, 0.6) is 11.5 Å². The molecule has 0 bridgehead atoms. The SMILES string of the molecule is COc1ccc(OC)c(N2CCN(C(=O)[C@@H]3CN(S(=O)(=O)CC(F)(F)F)C[C@H]3c3ccccc3)CC2)c1.O=C(O)C(F)(F)F. The van der Waals surface area contributed by atoms with Crippen molar-refractivity contribution in [1.29, 1.82) is 0 Å². The van der Waals surface area contributed by atoms with Crippen LogP contribution in [0, 0.1) is 5.92 Å². The van der Waals surface area contributed by atoms with Gasteiger partial charge < -0.3 is 24.4 Å². The van der Waals surface area contributed by atoms with Gasteiger partial charge in [0.2, 0.25) is 15.9 Å². The van der Waals surface area contributed by atoms with Crippen LogP contribution in [0.25, 0.3) is 0 Å². The number of amides is 1. The van der Waals surface area contributed by atoms with E-state index in [1.54, 1.807) is 55.5 Å². The minimum absolute atomic E-state index is 0.167. The molecule has 2 aliphatic rings. The van der Waals surface area contributed by atoms with Crippen LogP contribution < -0.4 is 14.4 Å². The number of alkyl halides is 6. The third-order valence-electron chi connectivity index (χ3n) is 7.13. The first kappa shape index (κ1) is 34.8. The lowest BCUT2D eigenvalue weighted by Gasteiger charge is -2.38. The molecule has 0 aliphatic carbocycles. The van der Waals surface area contributed by atoms with Gasteiger partial charge in [-0.25, -0.2) is 17.5 Å². The Hall–Kier alpha value is -3.73. The molecule has 1 N–H and O–H groups in total. The molecular formula is C27H31F6N3O7S. The summed E-state index contributed by atoms with van der Waals surface area (Å²) < 4.78 is 107. The first-order valence-electron chi connectivity index (χ1n) is 13.1. The number of ether oxygens (including phenoxy) is 2. The van der Waals surface area contributed by atoms with Gasteiger partial charge in [0.1, 0.15) is 11.5 Å². The van der Waals surface area contributed by atoms with Crippen molar-refractivity contribution in [3.8, 4) is 11.5 Å². The molecule has 0 aromatic heterocycles. The number of carboxylic acid groups (broad SMARTS) is 1. The number of aliphatic carboxylic acids is 1. The van der Waals surface area contributed by atoms with Crippen LogP contribution in [-0.4, -0.2) is 106 Å². The first-order valence-corrected chi connectivity index (χ1v) is 14.7. The summed E-state index contributed by atoms with van der Waals surface area (Å²) in [5, 5.41) is 7.12. The first-order chi connectivity index (χ1) is 20.5. The minimum atomic E-state index is -5.08. The van der Waals surface area contributed by atoms with Gasteiger partial charge in [0, 0.05) is 51.3 Å². The van der Waals surface area contributed by atoms with Crippen LogP contribution >= 0.6 is 0 Å². The lowest BCUT2D eigenvalue weighted by molar-refractivity contribution is -0.192. The van der Waals surface area contributed by atoms with Gasteiger partial charge in [-0.05, 0) is 17.7 Å². The Kier molecular flexibility index (Phi) is 11.0. The zero-order valence-electron chi connectivity index (χ0n) is 23.6. The molecule has 2 fully saturated rings. The van der Waals surface area contributed by atoms with Crippen molar-refractivity contribution in [2.45, 2.75) is 18.3 Å². The maximum atomic E-state index is 13.6. The van der Waals surface area contributed by atoms with Crippen LogP contribution in [-0.2, 0) is 19.6 Å². The average molecular weight is 656 g/mol. The molecule has 2 aliphatic heterocycles. The second-order valence-corrected chi connectivity index (χ2v) is 11.9. The van der Waals surface area contributed by atoms with Gasteiger partial charge in [-0.15, -0.1) is 0 Å². The van der Waals surface area contributed by atoms with Gasteiger partial charge in [-0.3, -0.25) is 4.79 Å². The van der Waals surface area contributed by atoms with Gasteiger partial charge in [-0.1, -0.05) is 30.3 Å². The van der Waals surface area contributed by atoms with E-state index in [2.05, 4.69) is 4.90 Å². The van der Waals surface area contributed by atoms with Gasteiger partial charge in [0.05, 0.1) is 25.8 Å². The number of anilines is 1. The monoisotopic (exact) mass is 655 g/mol. The van der Waals surface area contributed by atoms with E-state index < -0.39 is 45.9 Å². The maximum absolute atomic E-state index is 13.6. The molecule has 244 valence electrons. The summed E-state index contributed by atoms with van der Waals surface area (Å²) in [4.78, 5) is 26.3. The van der Waals surface area contributed by atoms with Crippen molar-refractivity contribution in [3.63, 3.8) is 0 Å². The quantitative estimate of drug-likeness (QED) is 0.450. The van der Waals surface area contributed by atoms with Gasteiger partial charge in [-0.2, -0.15) is 26.3 Å². The van der Waals surface area contributed by atoms with Crippen LogP contribution in [0.1, 0.15) is 11.5 Å². The Morgan fingerprint density at radius 1 is 0.909 bits per heavy atom. The van der Waals surface area contributed by atoms with Crippen molar-refractivity contribution < 1.29 is 58.9 Å². The number of hydrogen-bond donors (Lipinski definition) is 1. The number of methoxy groups -OCH3 is 2. The fourth-order valence-corrected chi connectivity index (χ4v) is 6.40. The highest BCUT2D eigenvalue weighted by Gasteiger charge is 2.47. The molecule has 0 spiro atoms. The molecule has 44 heavy (non-hydrogen) atoms. The van der Waals surface area contributed by atoms with Crippen LogP contribution in [0.3, 0.4) is 0 Å². The average Bonchev–Trinajstić information content (AvgIpc) is 3.42. The van der Waals surface area contributed by atoms with Crippen LogP contribution in [0.15, 0.2) is 48.5 Å². The summed E-state index contributed by atoms with van der Waals surface area (Å²) in [6.45, 7) is 1.34. The highest BCUT2D eigenvalue weighted by Crippen LogP contribution is 2.37. The number of carbonyl (C=O) groups is 2. The predicted molar refractivity (Wildman–Crippen MR) is 146 cm³/mol. The topological polar surface area (TPSA) is 117 Å². The molecule has 0 radical (unpaired) electrons. The van der Waals surface area contributed by atoms with Crippen molar-refractivity contribution in [1.82, 2.24) is 9.21 Å². The number of halogens is 6. The maximum Gasteiger partial charge on any atom is 0.490 e. The van der Waals surface area contributed by atoms with E-state index in [1.807, 2.05) is 12.1 Å². The third-order valence-corrected chi connectivity index (χ3v) is 8.91. The Morgan fingerprint density at radius 2 is 1.50 bits per heavy atom. The number of piperazine rings is 1. The van der Waals surface area contributed by atoms with E-state index in [1.165, 1.54) is 0 Å². The lowest BCUT2D eigenvalue weighted by Crippen LogP contribution is -2.51. The minimum Gasteiger partial charge on any atom is -0.497 e. The summed E-state index contributed by atoms with van der Waals surface area (Å²) in [5.41, 5.74) is 1.56. The normalized spacial score (nSPS) is 19.6. The number of carboxylic acids is 1. The number of nitrogens with zero attached hydrogens (tertiary/aromatic N) is 3. The Morgan fingerprint density at radius 3 is 2.00 bits per heavy atom. The zero-order chi connectivity index (χ0) is 32.9. The third kappa shape index (κ3) is 8.90. The molecule has 10 nitrogen and oxygen atoms in total. The molecule has 2 heterocycles. The van der Waals surface area contributed by atoms with E-state index >= 15 is 0 Å². The fraction of sp³-hybridized carbons (Fsp3) is 0.481. The molecule has 2 aromatic rings. The van der Waals surface area contributed by atoms with Gasteiger partial charge in [0.15, 0.2) is 5.75 Å². The van der Waals surface area contributed by atoms with E-state index in [4.69, 9.17) is 19.4 Å². The highest BCUT2D eigenvalue weighted by molar-refractivity contribution is 7.89. The van der Waals surface area contributed by atoms with Crippen molar-refractivity contribution >= 4 is 27.6 Å². The van der Waals surface area contributed by atoms with Crippen molar-refractivity contribution in [2.24, 2.45) is 5.92 Å². The van der Waals surface area contributed by atoms with E-state index in [0.29, 0.717) is 37.7 Å². The second kappa shape index (κ2) is 13.9. The van der Waals surface area contributed by atoms with E-state index in [-0.39, 0.29) is 19.0 Å². The molecule has 2 aromatic carbocycles. The molecule has 17 heteroatoms. The number of sulfonamides is 1. The standard InChI is InChI=1S/C25H30F3N3O5S.C2HF3O2/c1-35-19-8-9-23(36-2)22(14-19)29-10-12-30(13-11-29)24(32)21-16-31(37(33,34)17-25(26,27)28)15-20(21)18-6-4-3-5-7-18;3-2(4,5)1(6)7/h3-9,14,20-21H,10-13,15-17H2,1-2H3;(H,6,7)/t20-,21+;/m0./s1. The molecule has 4 rings (SSSR count). The van der Waals surface area contributed by atoms with Crippen molar-refractivity contribution in [2.75, 3.05) is 64.1 Å². The number of benzene rings is 2. The number of carbonyl (C=O) groups excluding carboxylic acids is 1. The largest absolute Gasteiger partial charge is 0.497 e. The van der Waals surface area contributed by atoms with Gasteiger partial charge in [0.25, 0.3) is 0 Å². The Labute approximate surface area is 249 Å². The van der Waals surface area contributed by atoms with Crippen LogP contribution in [0.2, 0.25) is 0 Å². The predicted octanol–water partition coefficient (Wildman–Crippen LogP) is 3.59. The van der Waals surface area contributed by atoms with E-state index in [9.17, 15) is 39.6 Å². The summed E-state index contributed by atoms with van der Waals surface area (Å²) in [6, 6.07) is 14.3. The highest BCUT2D eigenvalue weighted by atomic mass is 32.2. The smallest absolute Gasteiger partial charge is 0.490 e. The summed E-state index contributed by atoms with van der Waals surface area (Å²) in [6.07, 6.45) is -9.94. The zero-order valence-corrected chi connectivity index (χ0v) is 24.5. The molecule has 2 atom stereocenters. The molecule has 0 saturated carbocycles. The Balaban J connectivity index is 0.000000676. The second-order valence-electron chi connectivity index (χ2n) is 9.97. The van der Waals surface area contributed by atoms with Gasteiger partial charge >= 0.3 is 18.3 Å².